The molecule has 0 N–H and O–H groups in total. The molecule has 0 saturated carbocycles. The Morgan fingerprint density at radius 2 is 1.90 bits per heavy atom. The third-order valence-corrected chi connectivity index (χ3v) is 7.62. The highest BCUT2D eigenvalue weighted by molar-refractivity contribution is 8.04. The number of benzene rings is 1. The van der Waals surface area contributed by atoms with Gasteiger partial charge in [0.1, 0.15) is 11.6 Å². The third kappa shape index (κ3) is 4.47. The van der Waals surface area contributed by atoms with Gasteiger partial charge in [-0.15, -0.1) is 11.3 Å². The van der Waals surface area contributed by atoms with E-state index in [1.54, 1.807) is 16.2 Å². The smallest absolute Gasteiger partial charge is 0.243 e. The Labute approximate surface area is 186 Å². The molecule has 1 aromatic heterocycles. The minimum atomic E-state index is -0.00719. The molecule has 0 radical (unpaired) electrons. The minimum absolute atomic E-state index is 0.00719. The number of thiazole rings is 1. The number of likely N-dealkylation sites (tertiary alicyclic amines) is 1. The number of carbonyl (C=O) groups is 2. The van der Waals surface area contributed by atoms with Crippen molar-refractivity contribution in [3.8, 4) is 11.3 Å². The van der Waals surface area contributed by atoms with Gasteiger partial charge in [0.25, 0.3) is 0 Å². The Hall–Kier alpha value is -2.12. The van der Waals surface area contributed by atoms with Crippen LogP contribution in [-0.2, 0) is 9.59 Å². The maximum atomic E-state index is 13.0. The van der Waals surface area contributed by atoms with Crippen molar-refractivity contribution < 1.29 is 9.59 Å². The van der Waals surface area contributed by atoms with Crippen LogP contribution in [0, 0.1) is 6.92 Å². The van der Waals surface area contributed by atoms with Crippen molar-refractivity contribution in [2.24, 2.45) is 0 Å². The molecule has 2 aliphatic heterocycles. The van der Waals surface area contributed by atoms with E-state index >= 15 is 0 Å². The highest BCUT2D eigenvalue weighted by Gasteiger charge is 2.34. The van der Waals surface area contributed by atoms with Crippen LogP contribution in [0.1, 0.15) is 43.7 Å². The summed E-state index contributed by atoms with van der Waals surface area (Å²) in [5.41, 5.74) is 3.23. The second-order valence-electron chi connectivity index (χ2n) is 8.12. The molecule has 2 fully saturated rings. The van der Waals surface area contributed by atoms with Crippen molar-refractivity contribution in [3.05, 3.63) is 45.2 Å². The molecule has 0 bridgehead atoms. The lowest BCUT2D eigenvalue weighted by Gasteiger charge is -2.39. The van der Waals surface area contributed by atoms with Crippen LogP contribution in [0.4, 0.5) is 0 Å². The molecule has 0 spiro atoms. The number of piperidine rings is 1. The lowest BCUT2D eigenvalue weighted by atomic mass is 9.97. The zero-order valence-electron chi connectivity index (χ0n) is 17.6. The summed E-state index contributed by atoms with van der Waals surface area (Å²) in [5, 5.41) is 3.70. The number of nitrogens with zero attached hydrogens (tertiary/aromatic N) is 3. The first-order valence-corrected chi connectivity index (χ1v) is 12.3. The molecule has 30 heavy (non-hydrogen) atoms. The molecular weight excluding hydrogens is 414 g/mol. The van der Waals surface area contributed by atoms with Crippen molar-refractivity contribution in [1.82, 2.24) is 14.8 Å². The molecule has 158 valence electrons. The largest absolute Gasteiger partial charge is 0.336 e. The maximum absolute atomic E-state index is 13.0. The van der Waals surface area contributed by atoms with Gasteiger partial charge in [-0.3, -0.25) is 14.5 Å². The first-order valence-electron chi connectivity index (χ1n) is 10.4. The second kappa shape index (κ2) is 8.94. The van der Waals surface area contributed by atoms with E-state index in [4.69, 9.17) is 4.98 Å². The van der Waals surface area contributed by atoms with E-state index in [1.807, 2.05) is 16.4 Å². The van der Waals surface area contributed by atoms with Crippen LogP contribution in [0.5, 0.6) is 0 Å². The van der Waals surface area contributed by atoms with Crippen LogP contribution < -0.4 is 0 Å². The lowest BCUT2D eigenvalue weighted by molar-refractivity contribution is -0.141. The summed E-state index contributed by atoms with van der Waals surface area (Å²) in [6.45, 7) is 6.39. The molecule has 2 unspecified atom stereocenters. The summed E-state index contributed by atoms with van der Waals surface area (Å²) < 4.78 is 0. The molecular formula is C23H27N3O2S2. The quantitative estimate of drug-likeness (QED) is 0.685. The molecule has 2 atom stereocenters. The van der Waals surface area contributed by atoms with Gasteiger partial charge in [-0.05, 0) is 40.0 Å². The fourth-order valence-electron chi connectivity index (χ4n) is 4.15. The first-order chi connectivity index (χ1) is 14.4. The summed E-state index contributed by atoms with van der Waals surface area (Å²) in [7, 11) is 0. The highest BCUT2D eigenvalue weighted by Crippen LogP contribution is 2.33. The van der Waals surface area contributed by atoms with Gasteiger partial charge >= 0.3 is 0 Å². The van der Waals surface area contributed by atoms with Gasteiger partial charge < -0.3 is 4.90 Å². The van der Waals surface area contributed by atoms with Crippen molar-refractivity contribution in [2.75, 3.05) is 12.3 Å². The van der Waals surface area contributed by atoms with Gasteiger partial charge in [0, 0.05) is 29.1 Å². The van der Waals surface area contributed by atoms with Crippen molar-refractivity contribution in [2.45, 2.75) is 52.1 Å². The normalized spacial score (nSPS) is 23.4. The first kappa shape index (κ1) is 21.1. The summed E-state index contributed by atoms with van der Waals surface area (Å²) in [6, 6.07) is 8.76. The summed E-state index contributed by atoms with van der Waals surface area (Å²) in [4.78, 5) is 33.8. The van der Waals surface area contributed by atoms with Gasteiger partial charge in [0.15, 0.2) is 0 Å². The van der Waals surface area contributed by atoms with Crippen LogP contribution in [-0.4, -0.2) is 51.0 Å². The Morgan fingerprint density at radius 1 is 1.20 bits per heavy atom. The molecule has 2 saturated heterocycles. The standard InChI is InChI=1S/C23H27N3O2S2/c1-15-7-9-18(10-8-15)19-13-29-20(24-19)11-23-25(22(28)14-30-23)12-21(27)26-16(2)5-4-6-17(26)3/h7-11,13,16-17H,4-6,12,14H2,1-3H3. The Morgan fingerprint density at radius 3 is 2.60 bits per heavy atom. The number of hydrogen-bond donors (Lipinski definition) is 0. The zero-order valence-corrected chi connectivity index (χ0v) is 19.3. The van der Waals surface area contributed by atoms with Gasteiger partial charge in [-0.25, -0.2) is 4.98 Å². The van der Waals surface area contributed by atoms with Crippen molar-refractivity contribution >= 4 is 41.0 Å². The number of aromatic nitrogens is 1. The second-order valence-corrected chi connectivity index (χ2v) is 10.0. The third-order valence-electron chi connectivity index (χ3n) is 5.80. The Kier molecular flexibility index (Phi) is 6.29. The molecule has 2 aromatic rings. The van der Waals surface area contributed by atoms with Gasteiger partial charge in [-0.1, -0.05) is 41.6 Å². The van der Waals surface area contributed by atoms with Gasteiger partial charge in [-0.2, -0.15) is 0 Å². The summed E-state index contributed by atoms with van der Waals surface area (Å²) in [6.07, 6.45) is 5.15. The van der Waals surface area contributed by atoms with Crippen LogP contribution in [0.25, 0.3) is 17.3 Å². The van der Waals surface area contributed by atoms with Crippen molar-refractivity contribution in [1.29, 1.82) is 0 Å². The number of carbonyl (C=O) groups excluding carboxylic acids is 2. The van der Waals surface area contributed by atoms with Crippen molar-refractivity contribution in [3.63, 3.8) is 0 Å². The number of rotatable bonds is 4. The van der Waals surface area contributed by atoms with E-state index in [9.17, 15) is 9.59 Å². The van der Waals surface area contributed by atoms with Gasteiger partial charge in [0.2, 0.25) is 11.8 Å². The monoisotopic (exact) mass is 441 g/mol. The van der Waals surface area contributed by atoms with E-state index in [-0.39, 0.29) is 30.4 Å². The number of amides is 2. The number of hydrogen-bond acceptors (Lipinski definition) is 5. The molecule has 4 rings (SSSR count). The highest BCUT2D eigenvalue weighted by atomic mass is 32.2. The molecule has 7 heteroatoms. The molecule has 5 nitrogen and oxygen atoms in total. The molecule has 0 aliphatic carbocycles. The summed E-state index contributed by atoms with van der Waals surface area (Å²) >= 11 is 3.04. The fraction of sp³-hybridized carbons (Fsp3) is 0.435. The lowest BCUT2D eigenvalue weighted by Crippen LogP contribution is -2.51. The van der Waals surface area contributed by atoms with Gasteiger partial charge in [0.05, 0.1) is 16.5 Å². The van der Waals surface area contributed by atoms with E-state index < -0.39 is 0 Å². The minimum Gasteiger partial charge on any atom is -0.336 e. The average Bonchev–Trinajstić information content (AvgIpc) is 3.31. The molecule has 3 heterocycles. The van der Waals surface area contributed by atoms with Crippen LogP contribution in [0.15, 0.2) is 34.7 Å². The Balaban J connectivity index is 1.51. The van der Waals surface area contributed by atoms with Crippen LogP contribution in [0.3, 0.4) is 0 Å². The maximum Gasteiger partial charge on any atom is 0.243 e. The van der Waals surface area contributed by atoms with E-state index in [2.05, 4.69) is 45.0 Å². The SMILES string of the molecule is Cc1ccc(-c2csc(C=C3SCC(=O)N3CC(=O)N3C(C)CCCC3C)n2)cc1. The Bertz CT molecular complexity index is 957. The van der Waals surface area contributed by atoms with Crippen LogP contribution >= 0.6 is 23.1 Å². The topological polar surface area (TPSA) is 53.5 Å². The fourth-order valence-corrected chi connectivity index (χ4v) is 5.92. The average molecular weight is 442 g/mol. The van der Waals surface area contributed by atoms with E-state index in [0.29, 0.717) is 5.75 Å². The summed E-state index contributed by atoms with van der Waals surface area (Å²) in [5.74, 6) is 0.406. The predicted molar refractivity (Wildman–Crippen MR) is 124 cm³/mol. The number of aryl methyl sites for hydroxylation is 1. The van der Waals surface area contributed by atoms with Crippen LogP contribution in [0.2, 0.25) is 0 Å². The predicted octanol–water partition coefficient (Wildman–Crippen LogP) is 4.78. The van der Waals surface area contributed by atoms with E-state index in [0.717, 1.165) is 40.6 Å². The molecule has 1 aromatic carbocycles. The molecule has 2 amide bonds. The molecule has 2 aliphatic rings. The zero-order chi connectivity index (χ0) is 21.3. The van der Waals surface area contributed by atoms with E-state index in [1.165, 1.54) is 17.3 Å². The number of thioether (sulfide) groups is 1.